The summed E-state index contributed by atoms with van der Waals surface area (Å²) in [5, 5.41) is 18.6. The Hall–Kier alpha value is -3.00. The Labute approximate surface area is 198 Å². The van der Waals surface area contributed by atoms with Gasteiger partial charge < -0.3 is 25.0 Å². The van der Waals surface area contributed by atoms with Crippen LogP contribution in [0.15, 0.2) is 46.1 Å². The highest BCUT2D eigenvalue weighted by Crippen LogP contribution is 2.26. The van der Waals surface area contributed by atoms with Crippen LogP contribution in [0.4, 0.5) is 13.2 Å². The van der Waals surface area contributed by atoms with Gasteiger partial charge in [-0.15, -0.1) is 0 Å². The molecule has 0 bridgehead atoms. The minimum Gasteiger partial charge on any atom is -0.395 e. The van der Waals surface area contributed by atoms with E-state index >= 15 is 0 Å². The topological polar surface area (TPSA) is 132 Å². The minimum absolute atomic E-state index is 0.0793. The average Bonchev–Trinajstić information content (AvgIpc) is 3.31. The Kier molecular flexibility index (Phi) is 10.6. The normalized spacial score (nSPS) is 17.5. The number of aliphatic hydroxyl groups excluding tert-OH is 2. The molecule has 2 heterocycles. The Morgan fingerprint density at radius 3 is 2.46 bits per heavy atom. The quantitative estimate of drug-likeness (QED) is 0.486. The van der Waals surface area contributed by atoms with Crippen molar-refractivity contribution in [3.8, 4) is 0 Å². The van der Waals surface area contributed by atoms with Crippen molar-refractivity contribution in [1.82, 2.24) is 14.5 Å². The van der Waals surface area contributed by atoms with Gasteiger partial charge in [0.15, 0.2) is 0 Å². The number of rotatable bonds is 8. The second kappa shape index (κ2) is 13.2. The molecule has 3 N–H and O–H groups in total. The first-order valence-corrected chi connectivity index (χ1v) is 10.7. The van der Waals surface area contributed by atoms with E-state index in [9.17, 15) is 32.7 Å². The minimum atomic E-state index is -4.85. The third-order valence-corrected chi connectivity index (χ3v) is 4.95. The van der Waals surface area contributed by atoms with E-state index in [1.165, 1.54) is 16.1 Å². The number of ether oxygens (including phenoxy) is 2. The van der Waals surface area contributed by atoms with Crippen molar-refractivity contribution in [2.24, 2.45) is 0 Å². The average molecular weight is 503 g/mol. The number of aliphatic hydroxyl groups is 2. The maximum Gasteiger partial charge on any atom is 0.471 e. The maximum atomic E-state index is 12.7. The summed E-state index contributed by atoms with van der Waals surface area (Å²) in [6, 6.07) is 9.55. The standard InChI is InChI=1S/C18H22N2O5.C4H6F3NO2/c1-13-9-19(16-8-7-15(10-21)25-16)18(23)20(17(13)22)12-24-11-14-5-3-2-4-6-14;5-4(6,7)3(10)8-1-2-9/h2-6,9,15-16,21H,7-8,10-12H2,1H3;9H,1-2H2,(H,8,10)/t15-,16+;/m0./s1. The number of hydrogen-bond acceptors (Lipinski definition) is 7. The largest absolute Gasteiger partial charge is 0.471 e. The highest BCUT2D eigenvalue weighted by Gasteiger charge is 2.38. The molecule has 13 heteroatoms. The van der Waals surface area contributed by atoms with Gasteiger partial charge in [0, 0.05) is 18.3 Å². The summed E-state index contributed by atoms with van der Waals surface area (Å²) in [6.07, 6.45) is -2.78. The van der Waals surface area contributed by atoms with Crippen LogP contribution in [-0.2, 0) is 27.6 Å². The molecule has 0 radical (unpaired) electrons. The van der Waals surface area contributed by atoms with E-state index in [1.807, 2.05) is 30.3 Å². The summed E-state index contributed by atoms with van der Waals surface area (Å²) < 4.78 is 47.5. The molecule has 1 aromatic carbocycles. The first-order chi connectivity index (χ1) is 16.6. The van der Waals surface area contributed by atoms with Crippen molar-refractivity contribution in [3.05, 3.63) is 68.5 Å². The van der Waals surface area contributed by atoms with Crippen molar-refractivity contribution in [2.45, 2.75) is 51.6 Å². The SMILES string of the molecule is Cc1cn([C@H]2CC[C@@H](CO)O2)c(=O)n(COCc2ccccc2)c1=O.O=C(NCCO)C(F)(F)F. The lowest BCUT2D eigenvalue weighted by Gasteiger charge is -2.17. The van der Waals surface area contributed by atoms with Gasteiger partial charge in [-0.05, 0) is 25.3 Å². The summed E-state index contributed by atoms with van der Waals surface area (Å²) in [4.78, 5) is 34.9. The third kappa shape index (κ3) is 8.31. The molecule has 1 saturated heterocycles. The van der Waals surface area contributed by atoms with Crippen molar-refractivity contribution in [1.29, 1.82) is 0 Å². The first kappa shape index (κ1) is 28.2. The Balaban J connectivity index is 0.000000367. The Morgan fingerprint density at radius 1 is 1.20 bits per heavy atom. The van der Waals surface area contributed by atoms with Gasteiger partial charge in [0.25, 0.3) is 5.56 Å². The first-order valence-electron chi connectivity index (χ1n) is 10.7. The van der Waals surface area contributed by atoms with Gasteiger partial charge in [-0.25, -0.2) is 9.36 Å². The number of carbonyl (C=O) groups is 1. The van der Waals surface area contributed by atoms with Crippen LogP contribution in [0.2, 0.25) is 0 Å². The summed E-state index contributed by atoms with van der Waals surface area (Å²) in [5.41, 5.74) is 0.575. The molecule has 1 aliphatic rings. The van der Waals surface area contributed by atoms with E-state index in [1.54, 1.807) is 6.92 Å². The molecule has 0 saturated carbocycles. The molecule has 1 amide bonds. The van der Waals surface area contributed by atoms with Crippen LogP contribution >= 0.6 is 0 Å². The van der Waals surface area contributed by atoms with E-state index < -0.39 is 30.6 Å². The smallest absolute Gasteiger partial charge is 0.395 e. The molecule has 2 atom stereocenters. The zero-order chi connectivity index (χ0) is 26.0. The van der Waals surface area contributed by atoms with E-state index in [4.69, 9.17) is 14.6 Å². The van der Waals surface area contributed by atoms with Crippen LogP contribution in [-0.4, -0.2) is 57.3 Å². The predicted molar refractivity (Wildman–Crippen MR) is 117 cm³/mol. The van der Waals surface area contributed by atoms with Crippen molar-refractivity contribution < 1.29 is 37.7 Å². The summed E-state index contributed by atoms with van der Waals surface area (Å²) in [5.74, 6) is -2.03. The molecule has 0 unspecified atom stereocenters. The molecule has 2 aromatic rings. The highest BCUT2D eigenvalue weighted by atomic mass is 19.4. The number of benzene rings is 1. The maximum absolute atomic E-state index is 12.7. The lowest BCUT2D eigenvalue weighted by Crippen LogP contribution is -2.42. The summed E-state index contributed by atoms with van der Waals surface area (Å²) >= 11 is 0. The fourth-order valence-corrected chi connectivity index (χ4v) is 3.20. The van der Waals surface area contributed by atoms with Gasteiger partial charge in [-0.1, -0.05) is 30.3 Å². The predicted octanol–water partition coefficient (Wildman–Crippen LogP) is 0.820. The van der Waals surface area contributed by atoms with E-state index in [0.717, 1.165) is 10.1 Å². The van der Waals surface area contributed by atoms with Gasteiger partial charge >= 0.3 is 17.8 Å². The second-order valence-corrected chi connectivity index (χ2v) is 7.65. The zero-order valence-electron chi connectivity index (χ0n) is 19.0. The Morgan fingerprint density at radius 2 is 1.89 bits per heavy atom. The van der Waals surface area contributed by atoms with Crippen molar-refractivity contribution >= 4 is 5.91 Å². The molecule has 1 aromatic heterocycles. The molecule has 0 aliphatic carbocycles. The fraction of sp³-hybridized carbons (Fsp3) is 0.500. The second-order valence-electron chi connectivity index (χ2n) is 7.65. The summed E-state index contributed by atoms with van der Waals surface area (Å²) in [7, 11) is 0. The lowest BCUT2D eigenvalue weighted by molar-refractivity contribution is -0.173. The van der Waals surface area contributed by atoms with Crippen LogP contribution in [0.1, 0.15) is 30.2 Å². The molecular weight excluding hydrogens is 475 g/mol. The number of carbonyl (C=O) groups excluding carboxylic acids is 1. The number of nitrogens with one attached hydrogen (secondary N) is 1. The molecular formula is C22H28F3N3O7. The van der Waals surface area contributed by atoms with E-state index in [-0.39, 0.29) is 31.5 Å². The molecule has 35 heavy (non-hydrogen) atoms. The van der Waals surface area contributed by atoms with Crippen molar-refractivity contribution in [3.63, 3.8) is 0 Å². The number of hydrogen-bond donors (Lipinski definition) is 3. The van der Waals surface area contributed by atoms with Crippen LogP contribution in [0.25, 0.3) is 0 Å². The van der Waals surface area contributed by atoms with Crippen molar-refractivity contribution in [2.75, 3.05) is 19.8 Å². The number of aromatic nitrogens is 2. The van der Waals surface area contributed by atoms with Crippen LogP contribution in [0, 0.1) is 6.92 Å². The van der Waals surface area contributed by atoms with Gasteiger partial charge in [0.1, 0.15) is 13.0 Å². The number of nitrogens with zero attached hydrogens (tertiary/aromatic N) is 2. The Bertz CT molecular complexity index is 1070. The lowest BCUT2D eigenvalue weighted by atomic mass is 10.2. The zero-order valence-corrected chi connectivity index (χ0v) is 19.0. The monoisotopic (exact) mass is 503 g/mol. The molecule has 10 nitrogen and oxygen atoms in total. The van der Waals surface area contributed by atoms with Crippen LogP contribution < -0.4 is 16.6 Å². The molecule has 1 aliphatic heterocycles. The number of aryl methyl sites for hydroxylation is 1. The van der Waals surface area contributed by atoms with Gasteiger partial charge in [0.2, 0.25) is 0 Å². The van der Waals surface area contributed by atoms with E-state index in [0.29, 0.717) is 25.0 Å². The fourth-order valence-electron chi connectivity index (χ4n) is 3.20. The van der Waals surface area contributed by atoms with Gasteiger partial charge in [0.05, 0.1) is 25.9 Å². The van der Waals surface area contributed by atoms with E-state index in [2.05, 4.69) is 0 Å². The third-order valence-electron chi connectivity index (χ3n) is 4.95. The van der Waals surface area contributed by atoms with Gasteiger partial charge in [-0.2, -0.15) is 13.2 Å². The summed E-state index contributed by atoms with van der Waals surface area (Å²) in [6.45, 7) is 0.895. The number of halogens is 3. The molecule has 194 valence electrons. The van der Waals surface area contributed by atoms with Gasteiger partial charge in [-0.3, -0.25) is 14.2 Å². The van der Waals surface area contributed by atoms with Crippen LogP contribution in [0.3, 0.4) is 0 Å². The number of amides is 1. The highest BCUT2D eigenvalue weighted by molar-refractivity contribution is 5.81. The van der Waals surface area contributed by atoms with Crippen LogP contribution in [0.5, 0.6) is 0 Å². The number of alkyl halides is 3. The molecule has 1 fully saturated rings. The molecule has 3 rings (SSSR count). The molecule has 0 spiro atoms.